The average molecular weight is 291 g/mol. The molecule has 0 spiro atoms. The number of piperidine rings is 1. The Morgan fingerprint density at radius 1 is 1.29 bits per heavy atom. The van der Waals surface area contributed by atoms with Gasteiger partial charge < -0.3 is 9.84 Å². The zero-order valence-electron chi connectivity index (χ0n) is 13.6. The lowest BCUT2D eigenvalue weighted by atomic mass is 9.93. The lowest BCUT2D eigenvalue weighted by Crippen LogP contribution is -2.47. The molecule has 0 bridgehead atoms. The number of aliphatic hydroxyl groups excluding tert-OH is 1. The van der Waals surface area contributed by atoms with Crippen molar-refractivity contribution in [1.29, 1.82) is 0 Å². The molecule has 1 saturated heterocycles. The third-order valence-corrected chi connectivity index (χ3v) is 4.73. The van der Waals surface area contributed by atoms with Crippen molar-refractivity contribution in [2.24, 2.45) is 0 Å². The average Bonchev–Trinajstić information content (AvgIpc) is 2.54. The van der Waals surface area contributed by atoms with Gasteiger partial charge in [-0.15, -0.1) is 0 Å². The minimum absolute atomic E-state index is 0.162. The van der Waals surface area contributed by atoms with Crippen molar-refractivity contribution in [3.8, 4) is 5.75 Å². The van der Waals surface area contributed by atoms with E-state index in [0.29, 0.717) is 6.04 Å². The molecule has 0 aromatic heterocycles. The smallest absolute Gasteiger partial charge is 0.118 e. The molecule has 2 rings (SSSR count). The third-order valence-electron chi connectivity index (χ3n) is 4.73. The Morgan fingerprint density at radius 2 is 2.00 bits per heavy atom. The van der Waals surface area contributed by atoms with E-state index in [4.69, 9.17) is 4.74 Å². The summed E-state index contributed by atoms with van der Waals surface area (Å²) in [4.78, 5) is 2.52. The van der Waals surface area contributed by atoms with Crippen molar-refractivity contribution in [3.63, 3.8) is 0 Å². The molecule has 1 fully saturated rings. The summed E-state index contributed by atoms with van der Waals surface area (Å²) in [5.41, 5.74) is 0.976. The zero-order valence-corrected chi connectivity index (χ0v) is 13.6. The van der Waals surface area contributed by atoms with Crippen LogP contribution < -0.4 is 4.74 Å². The third kappa shape index (κ3) is 3.98. The summed E-state index contributed by atoms with van der Waals surface area (Å²) in [6.45, 7) is 5.51. The molecule has 118 valence electrons. The van der Waals surface area contributed by atoms with Crippen LogP contribution in [0.15, 0.2) is 24.3 Å². The van der Waals surface area contributed by atoms with Gasteiger partial charge in [0.25, 0.3) is 0 Å². The van der Waals surface area contributed by atoms with Crippen molar-refractivity contribution in [3.05, 3.63) is 29.8 Å². The van der Waals surface area contributed by atoms with Crippen LogP contribution in [0.25, 0.3) is 0 Å². The zero-order chi connectivity index (χ0) is 15.2. The highest BCUT2D eigenvalue weighted by atomic mass is 16.5. The van der Waals surface area contributed by atoms with Crippen LogP contribution in [0.1, 0.15) is 57.6 Å². The second-order valence-corrected chi connectivity index (χ2v) is 6.13. The van der Waals surface area contributed by atoms with E-state index < -0.39 is 6.10 Å². The van der Waals surface area contributed by atoms with Gasteiger partial charge in [-0.1, -0.05) is 31.9 Å². The fourth-order valence-corrected chi connectivity index (χ4v) is 3.46. The van der Waals surface area contributed by atoms with Crippen molar-refractivity contribution in [1.82, 2.24) is 4.90 Å². The molecule has 1 aliphatic rings. The molecule has 0 amide bonds. The summed E-state index contributed by atoms with van der Waals surface area (Å²) in [6.07, 6.45) is 5.86. The molecule has 0 saturated carbocycles. The Kier molecular flexibility index (Phi) is 6.07. The van der Waals surface area contributed by atoms with Gasteiger partial charge in [-0.25, -0.2) is 0 Å². The molecule has 3 atom stereocenters. The number of nitrogens with zero attached hydrogens (tertiary/aromatic N) is 1. The van der Waals surface area contributed by atoms with E-state index in [1.807, 2.05) is 24.3 Å². The molecular formula is C18H29NO2. The number of aliphatic hydroxyl groups is 1. The summed E-state index contributed by atoms with van der Waals surface area (Å²) in [5.74, 6) is 0.834. The normalized spacial score (nSPS) is 22.8. The highest BCUT2D eigenvalue weighted by molar-refractivity contribution is 5.29. The van der Waals surface area contributed by atoms with E-state index in [2.05, 4.69) is 18.7 Å². The largest absolute Gasteiger partial charge is 0.497 e. The van der Waals surface area contributed by atoms with Crippen LogP contribution in [0, 0.1) is 0 Å². The molecule has 21 heavy (non-hydrogen) atoms. The Labute approximate surface area is 128 Å². The minimum Gasteiger partial charge on any atom is -0.497 e. The standard InChI is InChI=1S/C18H29NO2/c1-4-7-16-8-5-6-13-19(16)14(2)18(20)15-9-11-17(21-3)12-10-15/h9-12,14,16,18,20H,4-8,13H2,1-3H3. The van der Waals surface area contributed by atoms with Gasteiger partial charge in [0.15, 0.2) is 0 Å². The maximum atomic E-state index is 10.7. The summed E-state index contributed by atoms with van der Waals surface area (Å²) in [7, 11) is 1.66. The van der Waals surface area contributed by atoms with Crippen LogP contribution in [-0.2, 0) is 0 Å². The molecule has 0 radical (unpaired) electrons. The quantitative estimate of drug-likeness (QED) is 0.866. The van der Waals surface area contributed by atoms with Gasteiger partial charge in [0.05, 0.1) is 13.2 Å². The first-order valence-corrected chi connectivity index (χ1v) is 8.25. The monoisotopic (exact) mass is 291 g/mol. The Bertz CT molecular complexity index is 416. The lowest BCUT2D eigenvalue weighted by Gasteiger charge is -2.41. The summed E-state index contributed by atoms with van der Waals surface area (Å²) in [6, 6.07) is 8.58. The molecule has 0 aliphatic carbocycles. The number of rotatable bonds is 6. The van der Waals surface area contributed by atoms with E-state index in [9.17, 15) is 5.11 Å². The van der Waals surface area contributed by atoms with E-state index >= 15 is 0 Å². The molecule has 3 unspecified atom stereocenters. The molecule has 1 aliphatic heterocycles. The highest BCUT2D eigenvalue weighted by Crippen LogP contribution is 2.29. The van der Waals surface area contributed by atoms with Crippen molar-refractivity contribution in [2.75, 3.05) is 13.7 Å². The second-order valence-electron chi connectivity index (χ2n) is 6.13. The highest BCUT2D eigenvalue weighted by Gasteiger charge is 2.30. The molecule has 1 N–H and O–H groups in total. The number of methoxy groups -OCH3 is 1. The Morgan fingerprint density at radius 3 is 2.62 bits per heavy atom. The SMILES string of the molecule is CCCC1CCCCN1C(C)C(O)c1ccc(OC)cc1. The van der Waals surface area contributed by atoms with E-state index in [0.717, 1.165) is 17.9 Å². The predicted octanol–water partition coefficient (Wildman–Crippen LogP) is 3.77. The molecule has 3 heteroatoms. The van der Waals surface area contributed by atoms with Crippen molar-refractivity contribution >= 4 is 0 Å². The van der Waals surface area contributed by atoms with Crippen molar-refractivity contribution < 1.29 is 9.84 Å². The first kappa shape index (κ1) is 16.3. The number of hydrogen-bond donors (Lipinski definition) is 1. The molecule has 1 aromatic rings. The summed E-state index contributed by atoms with van der Waals surface area (Å²) >= 11 is 0. The van der Waals surface area contributed by atoms with Crippen LogP contribution in [0.3, 0.4) is 0 Å². The van der Waals surface area contributed by atoms with Gasteiger partial charge in [-0.2, -0.15) is 0 Å². The molecule has 1 heterocycles. The Hall–Kier alpha value is -1.06. The summed E-state index contributed by atoms with van der Waals surface area (Å²) < 4.78 is 5.18. The molecular weight excluding hydrogens is 262 g/mol. The first-order chi connectivity index (χ1) is 10.2. The van der Waals surface area contributed by atoms with Crippen molar-refractivity contribution in [2.45, 2.75) is 64.1 Å². The van der Waals surface area contributed by atoms with Crippen LogP contribution in [0.4, 0.5) is 0 Å². The number of likely N-dealkylation sites (tertiary alicyclic amines) is 1. The van der Waals surface area contributed by atoms with E-state index in [1.165, 1.54) is 32.1 Å². The lowest BCUT2D eigenvalue weighted by molar-refractivity contribution is 0.0125. The van der Waals surface area contributed by atoms with E-state index in [-0.39, 0.29) is 6.04 Å². The van der Waals surface area contributed by atoms with Gasteiger partial charge >= 0.3 is 0 Å². The minimum atomic E-state index is -0.437. The number of ether oxygens (including phenoxy) is 1. The fraction of sp³-hybridized carbons (Fsp3) is 0.667. The van der Waals surface area contributed by atoms with Crippen LogP contribution in [0.5, 0.6) is 5.75 Å². The van der Waals surface area contributed by atoms with Gasteiger partial charge in [0, 0.05) is 12.1 Å². The topological polar surface area (TPSA) is 32.7 Å². The maximum absolute atomic E-state index is 10.7. The van der Waals surface area contributed by atoms with Gasteiger partial charge in [-0.3, -0.25) is 4.90 Å². The number of hydrogen-bond acceptors (Lipinski definition) is 3. The summed E-state index contributed by atoms with van der Waals surface area (Å²) in [5, 5.41) is 10.7. The van der Waals surface area contributed by atoms with Crippen LogP contribution in [0.2, 0.25) is 0 Å². The molecule has 1 aromatic carbocycles. The second kappa shape index (κ2) is 7.81. The Balaban J connectivity index is 2.06. The van der Waals surface area contributed by atoms with Gasteiger partial charge in [-0.05, 0) is 50.4 Å². The fourth-order valence-electron chi connectivity index (χ4n) is 3.46. The van der Waals surface area contributed by atoms with Crippen LogP contribution in [-0.4, -0.2) is 35.7 Å². The predicted molar refractivity (Wildman–Crippen MR) is 86.7 cm³/mol. The van der Waals surface area contributed by atoms with Crippen LogP contribution >= 0.6 is 0 Å². The first-order valence-electron chi connectivity index (χ1n) is 8.25. The van der Waals surface area contributed by atoms with Gasteiger partial charge in [0.1, 0.15) is 5.75 Å². The number of benzene rings is 1. The molecule has 3 nitrogen and oxygen atoms in total. The van der Waals surface area contributed by atoms with E-state index in [1.54, 1.807) is 7.11 Å². The maximum Gasteiger partial charge on any atom is 0.118 e. The van der Waals surface area contributed by atoms with Gasteiger partial charge in [0.2, 0.25) is 0 Å².